The van der Waals surface area contributed by atoms with E-state index in [9.17, 15) is 9.59 Å². The number of nitrogens with zero attached hydrogens (tertiary/aromatic N) is 2. The Morgan fingerprint density at radius 2 is 1.71 bits per heavy atom. The van der Waals surface area contributed by atoms with E-state index >= 15 is 0 Å². The number of hydrogen-bond donors (Lipinski definition) is 2. The highest BCUT2D eigenvalue weighted by molar-refractivity contribution is 6.37. The van der Waals surface area contributed by atoms with Crippen molar-refractivity contribution >= 4 is 40.1 Å². The molecule has 0 saturated heterocycles. The quantitative estimate of drug-likeness (QED) is 0.532. The van der Waals surface area contributed by atoms with E-state index in [4.69, 9.17) is 9.47 Å². The van der Waals surface area contributed by atoms with Gasteiger partial charge in [-0.15, -0.1) is 0 Å². The van der Waals surface area contributed by atoms with E-state index in [0.717, 1.165) is 28.2 Å². The normalized spacial score (nSPS) is 15.0. The van der Waals surface area contributed by atoms with Gasteiger partial charge in [0.15, 0.2) is 11.5 Å². The molecule has 5 rings (SSSR count). The molecule has 2 N–H and O–H groups in total. The Kier molecular flexibility index (Phi) is 5.88. The molecule has 0 unspecified atom stereocenters. The smallest absolute Gasteiger partial charge is 0.258 e. The average Bonchev–Trinajstić information content (AvgIpc) is 3.45. The first-order valence-electron chi connectivity index (χ1n) is 11.2. The van der Waals surface area contributed by atoms with Gasteiger partial charge in [0, 0.05) is 35.2 Å². The molecular formula is C27H26N4O4. The average molecular weight is 471 g/mol. The number of fused-ring (bicyclic) bond motifs is 2. The van der Waals surface area contributed by atoms with E-state index in [1.807, 2.05) is 85.7 Å². The summed E-state index contributed by atoms with van der Waals surface area (Å²) in [5.74, 6) is 1.12. The van der Waals surface area contributed by atoms with Gasteiger partial charge in [0.2, 0.25) is 12.7 Å². The van der Waals surface area contributed by atoms with Crippen LogP contribution >= 0.6 is 0 Å². The maximum absolute atomic E-state index is 13.1. The third kappa shape index (κ3) is 4.43. The fraction of sp³-hybridized carbons (Fsp3) is 0.185. The third-order valence-corrected chi connectivity index (χ3v) is 5.93. The van der Waals surface area contributed by atoms with Gasteiger partial charge in [-0.05, 0) is 62.6 Å². The van der Waals surface area contributed by atoms with Crippen LogP contribution in [0.1, 0.15) is 11.1 Å². The molecule has 178 valence electrons. The minimum Gasteiger partial charge on any atom is -0.454 e. The number of para-hydroxylation sites is 1. The molecule has 0 aliphatic carbocycles. The number of likely N-dealkylation sites (N-methyl/N-ethyl adjacent to an activating group) is 2. The Hall–Kier alpha value is -4.30. The van der Waals surface area contributed by atoms with Gasteiger partial charge >= 0.3 is 0 Å². The molecule has 2 aliphatic heterocycles. The third-order valence-electron chi connectivity index (χ3n) is 5.93. The molecular weight excluding hydrogens is 444 g/mol. The van der Waals surface area contributed by atoms with Crippen LogP contribution in [0.4, 0.5) is 17.1 Å². The largest absolute Gasteiger partial charge is 0.454 e. The van der Waals surface area contributed by atoms with E-state index in [-0.39, 0.29) is 18.6 Å². The zero-order chi connectivity index (χ0) is 24.5. The molecule has 0 radical (unpaired) electrons. The lowest BCUT2D eigenvalue weighted by Gasteiger charge is -2.20. The van der Waals surface area contributed by atoms with E-state index < -0.39 is 0 Å². The maximum Gasteiger partial charge on any atom is 0.258 e. The molecule has 0 saturated carbocycles. The minimum absolute atomic E-state index is 0.00175. The molecule has 0 aromatic heterocycles. The fourth-order valence-corrected chi connectivity index (χ4v) is 4.13. The van der Waals surface area contributed by atoms with Crippen LogP contribution in [0.3, 0.4) is 0 Å². The van der Waals surface area contributed by atoms with Crippen LogP contribution in [0.25, 0.3) is 11.3 Å². The van der Waals surface area contributed by atoms with Crippen molar-refractivity contribution in [1.29, 1.82) is 0 Å². The summed E-state index contributed by atoms with van der Waals surface area (Å²) < 4.78 is 11.0. The number of ether oxygens (including phenoxy) is 2. The van der Waals surface area contributed by atoms with Crippen molar-refractivity contribution in [3.8, 4) is 11.5 Å². The number of rotatable bonds is 6. The maximum atomic E-state index is 13.1. The van der Waals surface area contributed by atoms with Crippen molar-refractivity contribution in [1.82, 2.24) is 4.90 Å². The molecule has 0 atom stereocenters. The van der Waals surface area contributed by atoms with E-state index in [1.165, 1.54) is 0 Å². The standard InChI is InChI=1S/C27H26N4O4/c1-30(2)15-24(32)31(3)19-11-9-18(10-12-19)28-26(17-8-13-22-23(14-17)35-16-34-22)25-20-6-4-5-7-21(20)29-27(25)33/h4-14,28H,15-16H2,1-3H3,(H,29,33)/b26-25-. The highest BCUT2D eigenvalue weighted by Crippen LogP contribution is 2.40. The fourth-order valence-electron chi connectivity index (χ4n) is 4.13. The molecule has 3 aromatic rings. The summed E-state index contributed by atoms with van der Waals surface area (Å²) in [5, 5.41) is 6.39. The number of carbonyl (C=O) groups excluding carboxylic acids is 2. The second-order valence-corrected chi connectivity index (χ2v) is 8.68. The first-order valence-corrected chi connectivity index (χ1v) is 11.2. The van der Waals surface area contributed by atoms with Gasteiger partial charge in [0.25, 0.3) is 5.91 Å². The van der Waals surface area contributed by atoms with E-state index in [0.29, 0.717) is 29.3 Å². The lowest BCUT2D eigenvalue weighted by molar-refractivity contribution is -0.119. The van der Waals surface area contributed by atoms with Gasteiger partial charge in [0.1, 0.15) is 0 Å². The molecule has 35 heavy (non-hydrogen) atoms. The van der Waals surface area contributed by atoms with Gasteiger partial charge in [-0.2, -0.15) is 0 Å². The van der Waals surface area contributed by atoms with Crippen LogP contribution in [0, 0.1) is 0 Å². The van der Waals surface area contributed by atoms with E-state index in [1.54, 1.807) is 11.9 Å². The summed E-state index contributed by atoms with van der Waals surface area (Å²) >= 11 is 0. The monoisotopic (exact) mass is 470 g/mol. The Balaban J connectivity index is 1.52. The van der Waals surface area contributed by atoms with Gasteiger partial charge in [0.05, 0.1) is 17.8 Å². The predicted octanol–water partition coefficient (Wildman–Crippen LogP) is 3.87. The van der Waals surface area contributed by atoms with Crippen molar-refractivity contribution in [3.05, 3.63) is 77.9 Å². The van der Waals surface area contributed by atoms with Crippen molar-refractivity contribution in [2.45, 2.75) is 0 Å². The van der Waals surface area contributed by atoms with Gasteiger partial charge in [-0.1, -0.05) is 18.2 Å². The molecule has 2 aliphatic rings. The number of benzene rings is 3. The van der Waals surface area contributed by atoms with Crippen molar-refractivity contribution in [3.63, 3.8) is 0 Å². The topological polar surface area (TPSA) is 83.1 Å². The van der Waals surface area contributed by atoms with Crippen LogP contribution in [0.5, 0.6) is 11.5 Å². The minimum atomic E-state index is -0.183. The lowest BCUT2D eigenvalue weighted by Crippen LogP contribution is -2.34. The highest BCUT2D eigenvalue weighted by Gasteiger charge is 2.29. The zero-order valence-corrected chi connectivity index (χ0v) is 19.8. The number of nitrogens with one attached hydrogen (secondary N) is 2. The second kappa shape index (κ2) is 9.15. The predicted molar refractivity (Wildman–Crippen MR) is 136 cm³/mol. The molecule has 0 spiro atoms. The molecule has 3 aromatic carbocycles. The Morgan fingerprint density at radius 1 is 0.971 bits per heavy atom. The SMILES string of the molecule is CN(C)CC(=O)N(C)c1ccc(N/C(=C2\C(=O)Nc3ccccc32)c2ccc3c(c2)OCO3)cc1. The van der Waals surface area contributed by atoms with Crippen LogP contribution in [0.2, 0.25) is 0 Å². The number of hydrogen-bond acceptors (Lipinski definition) is 6. The van der Waals surface area contributed by atoms with E-state index in [2.05, 4.69) is 10.6 Å². The summed E-state index contributed by atoms with van der Waals surface area (Å²) in [6, 6.07) is 20.7. The summed E-state index contributed by atoms with van der Waals surface area (Å²) in [4.78, 5) is 28.9. The Morgan fingerprint density at radius 3 is 2.49 bits per heavy atom. The number of anilines is 3. The highest BCUT2D eigenvalue weighted by atomic mass is 16.7. The molecule has 0 fully saturated rings. The lowest BCUT2D eigenvalue weighted by atomic mass is 9.99. The zero-order valence-electron chi connectivity index (χ0n) is 19.8. The van der Waals surface area contributed by atoms with Gasteiger partial charge in [-0.3, -0.25) is 9.59 Å². The van der Waals surface area contributed by atoms with Crippen LogP contribution in [-0.4, -0.2) is 51.2 Å². The molecule has 2 heterocycles. The van der Waals surface area contributed by atoms with Crippen LogP contribution < -0.4 is 25.0 Å². The number of amides is 2. The molecule has 2 amide bonds. The van der Waals surface area contributed by atoms with Gasteiger partial charge < -0.3 is 29.9 Å². The summed E-state index contributed by atoms with van der Waals surface area (Å²) in [6.45, 7) is 0.494. The molecule has 0 bridgehead atoms. The summed E-state index contributed by atoms with van der Waals surface area (Å²) in [7, 11) is 5.48. The first-order chi connectivity index (χ1) is 16.9. The molecule has 8 nitrogen and oxygen atoms in total. The Labute approximate surface area is 203 Å². The Bertz CT molecular complexity index is 1330. The van der Waals surface area contributed by atoms with Crippen LogP contribution in [0.15, 0.2) is 66.7 Å². The summed E-state index contributed by atoms with van der Waals surface area (Å²) in [5.41, 5.74) is 5.13. The van der Waals surface area contributed by atoms with Gasteiger partial charge in [-0.25, -0.2) is 0 Å². The van der Waals surface area contributed by atoms with Crippen molar-refractivity contribution < 1.29 is 19.1 Å². The molecule has 8 heteroatoms. The van der Waals surface area contributed by atoms with Crippen molar-refractivity contribution in [2.24, 2.45) is 0 Å². The number of carbonyl (C=O) groups is 2. The van der Waals surface area contributed by atoms with Crippen LogP contribution in [-0.2, 0) is 9.59 Å². The van der Waals surface area contributed by atoms with Crippen molar-refractivity contribution in [2.75, 3.05) is 50.0 Å². The first kappa shape index (κ1) is 22.5. The second-order valence-electron chi connectivity index (χ2n) is 8.68. The summed E-state index contributed by atoms with van der Waals surface area (Å²) in [6.07, 6.45) is 0.